The summed E-state index contributed by atoms with van der Waals surface area (Å²) in [5, 5.41) is 9.75. The molecule has 1 aromatic carbocycles. The molecule has 0 atom stereocenters. The predicted octanol–water partition coefficient (Wildman–Crippen LogP) is 4.55. The van der Waals surface area contributed by atoms with Crippen molar-refractivity contribution in [1.29, 1.82) is 0 Å². The van der Waals surface area contributed by atoms with Crippen molar-refractivity contribution in [2.24, 2.45) is 0 Å². The number of benzene rings is 1. The second-order valence-corrected chi connectivity index (χ2v) is 6.07. The summed E-state index contributed by atoms with van der Waals surface area (Å²) in [6.07, 6.45) is 7.67. The minimum absolute atomic E-state index is 0.202. The Morgan fingerprint density at radius 2 is 1.88 bits per heavy atom. The number of aromatic nitrogens is 3. The number of rotatable bonds is 5. The van der Waals surface area contributed by atoms with E-state index in [4.69, 9.17) is 0 Å². The zero-order chi connectivity index (χ0) is 17.1. The van der Waals surface area contributed by atoms with Crippen molar-refractivity contribution < 1.29 is 4.39 Å². The molecule has 0 aliphatic carbocycles. The Bertz CT molecular complexity index is 876. The van der Waals surface area contributed by atoms with Crippen LogP contribution in [0, 0.1) is 19.7 Å². The average molecular weight is 323 g/mol. The summed E-state index contributed by atoms with van der Waals surface area (Å²) in [5.74, 6) is -0.202. The van der Waals surface area contributed by atoms with Gasteiger partial charge in [-0.15, -0.1) is 0 Å². The van der Waals surface area contributed by atoms with Crippen LogP contribution in [0.25, 0.3) is 10.9 Å². The Kier molecular flexibility index (Phi) is 4.74. The number of allylic oxidation sites excluding steroid dienone is 2. The van der Waals surface area contributed by atoms with E-state index in [1.165, 1.54) is 34.3 Å². The molecule has 0 saturated carbocycles. The molecule has 0 aliphatic heterocycles. The van der Waals surface area contributed by atoms with Gasteiger partial charge in [0.15, 0.2) is 0 Å². The molecule has 0 aliphatic rings. The van der Waals surface area contributed by atoms with E-state index < -0.39 is 0 Å². The van der Waals surface area contributed by atoms with Crippen LogP contribution in [-0.4, -0.2) is 14.8 Å². The van der Waals surface area contributed by atoms with E-state index in [0.717, 1.165) is 30.6 Å². The van der Waals surface area contributed by atoms with Crippen molar-refractivity contribution in [3.63, 3.8) is 0 Å². The third kappa shape index (κ3) is 3.09. The molecule has 2 heterocycles. The van der Waals surface area contributed by atoms with Gasteiger partial charge in [0, 0.05) is 17.6 Å². The molecule has 4 heteroatoms. The lowest BCUT2D eigenvalue weighted by Gasteiger charge is -2.08. The van der Waals surface area contributed by atoms with E-state index in [-0.39, 0.29) is 5.82 Å². The van der Waals surface area contributed by atoms with Gasteiger partial charge in [-0.2, -0.15) is 10.2 Å². The van der Waals surface area contributed by atoms with Crippen LogP contribution in [0.2, 0.25) is 0 Å². The molecule has 0 amide bonds. The molecule has 0 saturated heterocycles. The molecular weight excluding hydrogens is 301 g/mol. The van der Waals surface area contributed by atoms with Crippen LogP contribution >= 0.6 is 0 Å². The number of hydrogen-bond donors (Lipinski definition) is 0. The number of halogens is 1. The minimum atomic E-state index is -0.202. The van der Waals surface area contributed by atoms with Gasteiger partial charge in [-0.25, -0.2) is 4.39 Å². The molecule has 124 valence electrons. The second-order valence-electron chi connectivity index (χ2n) is 6.07. The van der Waals surface area contributed by atoms with E-state index >= 15 is 0 Å². The first-order valence-electron chi connectivity index (χ1n) is 8.27. The first kappa shape index (κ1) is 16.4. The molecule has 3 aromatic rings. The summed E-state index contributed by atoms with van der Waals surface area (Å²) in [6, 6.07) is 6.67. The number of nitrogens with zero attached hydrogens (tertiary/aromatic N) is 3. The Labute approximate surface area is 141 Å². The van der Waals surface area contributed by atoms with Crippen LogP contribution in [0.5, 0.6) is 0 Å². The van der Waals surface area contributed by atoms with Crippen molar-refractivity contribution in [3.8, 4) is 0 Å². The van der Waals surface area contributed by atoms with Gasteiger partial charge < -0.3 is 4.57 Å². The van der Waals surface area contributed by atoms with Crippen molar-refractivity contribution in [3.05, 3.63) is 70.9 Å². The van der Waals surface area contributed by atoms with Crippen molar-refractivity contribution in [2.45, 2.75) is 40.2 Å². The van der Waals surface area contributed by atoms with Gasteiger partial charge in [-0.05, 0) is 56.9 Å². The van der Waals surface area contributed by atoms with Crippen LogP contribution < -0.4 is 0 Å². The Hall–Kier alpha value is -2.49. The maximum Gasteiger partial charge on any atom is 0.123 e. The minimum Gasteiger partial charge on any atom is -0.339 e. The summed E-state index contributed by atoms with van der Waals surface area (Å²) in [6.45, 7) is 7.14. The van der Waals surface area contributed by atoms with Crippen molar-refractivity contribution >= 4 is 10.9 Å². The zero-order valence-electron chi connectivity index (χ0n) is 14.4. The van der Waals surface area contributed by atoms with Crippen LogP contribution in [0.1, 0.15) is 29.4 Å². The third-order valence-corrected chi connectivity index (χ3v) is 4.60. The summed E-state index contributed by atoms with van der Waals surface area (Å²) in [4.78, 5) is 0. The predicted molar refractivity (Wildman–Crippen MR) is 95.6 cm³/mol. The smallest absolute Gasteiger partial charge is 0.123 e. The molecule has 0 bridgehead atoms. The van der Waals surface area contributed by atoms with Gasteiger partial charge >= 0.3 is 0 Å². The molecule has 24 heavy (non-hydrogen) atoms. The lowest BCUT2D eigenvalue weighted by Crippen LogP contribution is -2.04. The van der Waals surface area contributed by atoms with E-state index in [0.29, 0.717) is 0 Å². The fourth-order valence-electron chi connectivity index (χ4n) is 3.08. The Balaban J connectivity index is 1.98. The maximum absolute atomic E-state index is 13.0. The highest BCUT2D eigenvalue weighted by Crippen LogP contribution is 2.27. The van der Waals surface area contributed by atoms with Crippen molar-refractivity contribution in [1.82, 2.24) is 14.8 Å². The van der Waals surface area contributed by atoms with E-state index in [1.54, 1.807) is 0 Å². The molecule has 0 radical (unpaired) electrons. The van der Waals surface area contributed by atoms with Gasteiger partial charge in [0.2, 0.25) is 0 Å². The van der Waals surface area contributed by atoms with Gasteiger partial charge in [0.1, 0.15) is 5.82 Å². The second kappa shape index (κ2) is 6.95. The maximum atomic E-state index is 13.0. The highest BCUT2D eigenvalue weighted by Gasteiger charge is 2.15. The molecule has 0 fully saturated rings. The molecule has 0 N–H and O–H groups in total. The highest BCUT2D eigenvalue weighted by molar-refractivity contribution is 5.86. The SMILES string of the molecule is C/C=C/Cn1c(C)c(C)c2cnnc(CCc3ccc(F)cc3)c21. The summed E-state index contributed by atoms with van der Waals surface area (Å²) >= 11 is 0. The number of hydrogen-bond acceptors (Lipinski definition) is 2. The monoisotopic (exact) mass is 323 g/mol. The summed E-state index contributed by atoms with van der Waals surface area (Å²) in [5.41, 5.74) is 5.78. The van der Waals surface area contributed by atoms with Gasteiger partial charge in [0.05, 0.1) is 17.4 Å². The quantitative estimate of drug-likeness (QED) is 0.645. The van der Waals surface area contributed by atoms with Crippen LogP contribution in [-0.2, 0) is 19.4 Å². The molecule has 3 nitrogen and oxygen atoms in total. The molecule has 0 unspecified atom stereocenters. The van der Waals surface area contributed by atoms with E-state index in [2.05, 4.69) is 40.8 Å². The zero-order valence-corrected chi connectivity index (χ0v) is 14.4. The summed E-state index contributed by atoms with van der Waals surface area (Å²) in [7, 11) is 0. The van der Waals surface area contributed by atoms with Crippen LogP contribution in [0.4, 0.5) is 4.39 Å². The molecule has 2 aromatic heterocycles. The Morgan fingerprint density at radius 1 is 1.12 bits per heavy atom. The van der Waals surface area contributed by atoms with Gasteiger partial charge in [-0.1, -0.05) is 24.3 Å². The largest absolute Gasteiger partial charge is 0.339 e. The van der Waals surface area contributed by atoms with Crippen LogP contribution in [0.15, 0.2) is 42.6 Å². The van der Waals surface area contributed by atoms with E-state index in [1.807, 2.05) is 25.3 Å². The fraction of sp³-hybridized carbons (Fsp3) is 0.300. The number of fused-ring (bicyclic) bond motifs is 1. The average Bonchev–Trinajstić information content (AvgIpc) is 2.84. The fourth-order valence-corrected chi connectivity index (χ4v) is 3.08. The first-order chi connectivity index (χ1) is 11.6. The topological polar surface area (TPSA) is 30.7 Å². The normalized spacial score (nSPS) is 11.7. The lowest BCUT2D eigenvalue weighted by atomic mass is 10.1. The molecule has 0 spiro atoms. The van der Waals surface area contributed by atoms with Crippen molar-refractivity contribution in [2.75, 3.05) is 0 Å². The lowest BCUT2D eigenvalue weighted by molar-refractivity contribution is 0.627. The Morgan fingerprint density at radius 3 is 2.58 bits per heavy atom. The first-order valence-corrected chi connectivity index (χ1v) is 8.27. The van der Waals surface area contributed by atoms with Crippen LogP contribution in [0.3, 0.4) is 0 Å². The molecule has 3 rings (SSSR count). The van der Waals surface area contributed by atoms with Gasteiger partial charge in [0.25, 0.3) is 0 Å². The van der Waals surface area contributed by atoms with Gasteiger partial charge in [-0.3, -0.25) is 0 Å². The molecular formula is C20H22FN3. The third-order valence-electron chi connectivity index (χ3n) is 4.60. The standard InChI is InChI=1S/C20H22FN3/c1-4-5-12-24-15(3)14(2)18-13-22-23-19(20(18)24)11-8-16-6-9-17(21)10-7-16/h4-7,9-10,13H,8,11-12H2,1-3H3/b5-4+. The highest BCUT2D eigenvalue weighted by atomic mass is 19.1. The van der Waals surface area contributed by atoms with E-state index in [9.17, 15) is 4.39 Å². The summed E-state index contributed by atoms with van der Waals surface area (Å²) < 4.78 is 15.3. The number of aryl methyl sites for hydroxylation is 3.